The van der Waals surface area contributed by atoms with Crippen LogP contribution in [0, 0.1) is 0 Å². The number of hydrogen-bond donors (Lipinski definition) is 2. The number of nitrogens with zero attached hydrogens (tertiary/aromatic N) is 2. The Hall–Kier alpha value is -3.31. The zero-order chi connectivity index (χ0) is 24.8. The fourth-order valence-electron chi connectivity index (χ4n) is 3.17. The molecular weight excluding hydrogens is 508 g/mol. The highest BCUT2D eigenvalue weighted by atomic mass is 35.5. The van der Waals surface area contributed by atoms with Crippen molar-refractivity contribution in [2.45, 2.75) is 25.0 Å². The highest BCUT2D eigenvalue weighted by molar-refractivity contribution is 7.92. The average Bonchev–Trinajstić information content (AvgIpc) is 3.23. The molecule has 1 amide bonds. The Bertz CT molecular complexity index is 1430. The van der Waals surface area contributed by atoms with Crippen molar-refractivity contribution in [3.63, 3.8) is 0 Å². The van der Waals surface area contributed by atoms with E-state index in [1.165, 1.54) is 36.6 Å². The van der Waals surface area contributed by atoms with E-state index in [0.717, 1.165) is 5.56 Å². The summed E-state index contributed by atoms with van der Waals surface area (Å²) in [4.78, 5) is 21.0. The Morgan fingerprint density at radius 2 is 1.74 bits per heavy atom. The van der Waals surface area contributed by atoms with Gasteiger partial charge in [-0.3, -0.25) is 9.52 Å². The second-order valence-electron chi connectivity index (χ2n) is 7.44. The lowest BCUT2D eigenvalue weighted by Gasteiger charge is -2.11. The molecule has 0 unspecified atom stereocenters. The number of hydrogen-bond acceptors (Lipinski definition) is 7. The second kappa shape index (κ2) is 11.0. The summed E-state index contributed by atoms with van der Waals surface area (Å²) in [6.07, 6.45) is 1.52. The monoisotopic (exact) mass is 528 g/mol. The second-order valence-corrected chi connectivity index (χ2v) is 10.5. The van der Waals surface area contributed by atoms with Crippen LogP contribution in [0.25, 0.3) is 10.4 Å². The maximum absolute atomic E-state index is 12.8. The summed E-state index contributed by atoms with van der Waals surface area (Å²) in [6, 6.07) is 19.3. The molecule has 2 aromatic carbocycles. The van der Waals surface area contributed by atoms with Crippen LogP contribution in [0.3, 0.4) is 0 Å². The zero-order valence-electron chi connectivity index (χ0n) is 18.6. The molecule has 2 aromatic heterocycles. The van der Waals surface area contributed by atoms with Gasteiger partial charge in [0.15, 0.2) is 10.3 Å². The Morgan fingerprint density at radius 3 is 2.43 bits per heavy atom. The first kappa shape index (κ1) is 24.8. The number of benzene rings is 2. The van der Waals surface area contributed by atoms with Gasteiger partial charge in [-0.15, -0.1) is 0 Å². The molecule has 2 heterocycles. The first-order valence-corrected chi connectivity index (χ1v) is 13.1. The lowest BCUT2D eigenvalue weighted by molar-refractivity contribution is -0.114. The van der Waals surface area contributed by atoms with Crippen LogP contribution in [0.15, 0.2) is 77.8 Å². The maximum Gasteiger partial charge on any atom is 0.261 e. The standard InChI is InChI=1S/C24H21ClN4O4S2/c1-16(30)27-24-28-21(15-33-14-17-8-4-2-5-9-17)22(34-24)18-12-20(23(25)26-13-18)29-35(31,32)19-10-6-3-7-11-19/h2-13,29H,14-15H2,1H3,(H,27,28,30). The minimum Gasteiger partial charge on any atom is -0.370 e. The molecule has 0 fully saturated rings. The van der Waals surface area contributed by atoms with Gasteiger partial charge in [0.25, 0.3) is 10.0 Å². The fourth-order valence-corrected chi connectivity index (χ4v) is 5.45. The predicted octanol–water partition coefficient (Wildman–Crippen LogP) is 5.33. The van der Waals surface area contributed by atoms with Crippen molar-refractivity contribution < 1.29 is 17.9 Å². The van der Waals surface area contributed by atoms with Crippen molar-refractivity contribution in [2.75, 3.05) is 10.0 Å². The van der Waals surface area contributed by atoms with Crippen molar-refractivity contribution in [1.82, 2.24) is 9.97 Å². The van der Waals surface area contributed by atoms with Crippen molar-refractivity contribution >= 4 is 49.7 Å². The van der Waals surface area contributed by atoms with E-state index >= 15 is 0 Å². The van der Waals surface area contributed by atoms with Crippen LogP contribution in [0.1, 0.15) is 18.2 Å². The van der Waals surface area contributed by atoms with Crippen LogP contribution in [0.4, 0.5) is 10.8 Å². The number of halogens is 1. The molecule has 180 valence electrons. The SMILES string of the molecule is CC(=O)Nc1nc(COCc2ccccc2)c(-c2cnc(Cl)c(NS(=O)(=O)c3ccccc3)c2)s1. The molecule has 11 heteroatoms. The number of sulfonamides is 1. The fraction of sp³-hybridized carbons (Fsp3) is 0.125. The molecule has 0 saturated heterocycles. The summed E-state index contributed by atoms with van der Waals surface area (Å²) < 4.78 is 33.9. The third-order valence-corrected chi connectivity index (χ3v) is 7.47. The van der Waals surface area contributed by atoms with Crippen LogP contribution in [0.5, 0.6) is 0 Å². The van der Waals surface area contributed by atoms with Crippen LogP contribution in [-0.4, -0.2) is 24.3 Å². The molecule has 8 nitrogen and oxygen atoms in total. The summed E-state index contributed by atoms with van der Waals surface area (Å²) in [5.41, 5.74) is 2.29. The number of aromatic nitrogens is 2. The number of thiazole rings is 1. The Balaban J connectivity index is 1.62. The number of nitrogens with one attached hydrogen (secondary N) is 2. The molecule has 0 atom stereocenters. The van der Waals surface area contributed by atoms with Crippen LogP contribution < -0.4 is 10.0 Å². The first-order chi connectivity index (χ1) is 16.8. The Kier molecular flexibility index (Phi) is 7.76. The van der Waals surface area contributed by atoms with Crippen LogP contribution >= 0.6 is 22.9 Å². The first-order valence-electron chi connectivity index (χ1n) is 10.4. The van der Waals surface area contributed by atoms with Crippen molar-refractivity contribution in [3.8, 4) is 10.4 Å². The largest absolute Gasteiger partial charge is 0.370 e. The number of anilines is 2. The number of carbonyl (C=O) groups excluding carboxylic acids is 1. The summed E-state index contributed by atoms with van der Waals surface area (Å²) in [5.74, 6) is -0.257. The molecular formula is C24H21ClN4O4S2. The summed E-state index contributed by atoms with van der Waals surface area (Å²) >= 11 is 7.44. The predicted molar refractivity (Wildman–Crippen MR) is 137 cm³/mol. The van der Waals surface area contributed by atoms with E-state index in [0.29, 0.717) is 27.9 Å². The smallest absolute Gasteiger partial charge is 0.261 e. The highest BCUT2D eigenvalue weighted by Gasteiger charge is 2.19. The zero-order valence-corrected chi connectivity index (χ0v) is 21.0. The van der Waals surface area contributed by atoms with Gasteiger partial charge >= 0.3 is 0 Å². The molecule has 0 spiro atoms. The van der Waals surface area contributed by atoms with Gasteiger partial charge in [0.1, 0.15) is 0 Å². The minimum atomic E-state index is -3.87. The van der Waals surface area contributed by atoms with Gasteiger partial charge in [0, 0.05) is 18.7 Å². The lowest BCUT2D eigenvalue weighted by atomic mass is 10.2. The molecule has 4 rings (SSSR count). The molecule has 4 aromatic rings. The van der Waals surface area contributed by atoms with Crippen molar-refractivity contribution in [1.29, 1.82) is 0 Å². The van der Waals surface area contributed by atoms with Crippen molar-refractivity contribution in [2.24, 2.45) is 0 Å². The molecule has 0 aliphatic heterocycles. The molecule has 2 N–H and O–H groups in total. The molecule has 0 aliphatic carbocycles. The van der Waals surface area contributed by atoms with Gasteiger partial charge in [-0.25, -0.2) is 18.4 Å². The third kappa shape index (κ3) is 6.43. The van der Waals surface area contributed by atoms with Crippen LogP contribution in [0.2, 0.25) is 5.15 Å². The number of carbonyl (C=O) groups is 1. The van der Waals surface area contributed by atoms with E-state index < -0.39 is 10.0 Å². The molecule has 0 bridgehead atoms. The number of rotatable bonds is 9. The van der Waals surface area contributed by atoms with Gasteiger partial charge in [-0.05, 0) is 23.8 Å². The van der Waals surface area contributed by atoms with E-state index in [4.69, 9.17) is 16.3 Å². The highest BCUT2D eigenvalue weighted by Crippen LogP contribution is 2.36. The lowest BCUT2D eigenvalue weighted by Crippen LogP contribution is -2.13. The van der Waals surface area contributed by atoms with Gasteiger partial charge in [-0.1, -0.05) is 71.5 Å². The van der Waals surface area contributed by atoms with E-state index in [1.807, 2.05) is 30.3 Å². The summed E-state index contributed by atoms with van der Waals surface area (Å²) in [6.45, 7) is 1.95. The van der Waals surface area contributed by atoms with E-state index in [-0.39, 0.29) is 28.3 Å². The Morgan fingerprint density at radius 1 is 1.06 bits per heavy atom. The van der Waals surface area contributed by atoms with Gasteiger partial charge in [0.2, 0.25) is 5.91 Å². The van der Waals surface area contributed by atoms with Gasteiger partial charge < -0.3 is 10.1 Å². The summed E-state index contributed by atoms with van der Waals surface area (Å²) in [7, 11) is -3.87. The average molecular weight is 529 g/mol. The number of pyridine rings is 1. The Labute approximate surface area is 212 Å². The quantitative estimate of drug-likeness (QED) is 0.284. The number of ether oxygens (including phenoxy) is 1. The normalized spacial score (nSPS) is 11.3. The van der Waals surface area contributed by atoms with E-state index in [1.54, 1.807) is 24.3 Å². The minimum absolute atomic E-state index is 0.00161. The molecule has 35 heavy (non-hydrogen) atoms. The molecule has 0 aliphatic rings. The van der Waals surface area contributed by atoms with E-state index in [9.17, 15) is 13.2 Å². The topological polar surface area (TPSA) is 110 Å². The molecule has 0 saturated carbocycles. The van der Waals surface area contributed by atoms with Gasteiger partial charge in [-0.2, -0.15) is 0 Å². The third-order valence-electron chi connectivity index (χ3n) is 4.73. The summed E-state index contributed by atoms with van der Waals surface area (Å²) in [5, 5.41) is 3.08. The van der Waals surface area contributed by atoms with E-state index in [2.05, 4.69) is 20.0 Å². The molecule has 0 radical (unpaired) electrons. The van der Waals surface area contributed by atoms with Gasteiger partial charge in [0.05, 0.1) is 34.4 Å². The van der Waals surface area contributed by atoms with Crippen LogP contribution in [-0.2, 0) is 32.8 Å². The maximum atomic E-state index is 12.8. The number of amides is 1. The van der Waals surface area contributed by atoms with Crippen molar-refractivity contribution in [3.05, 3.63) is 89.3 Å².